The second-order valence-corrected chi connectivity index (χ2v) is 11.9. The first-order valence-electron chi connectivity index (χ1n) is 13.2. The zero-order valence-corrected chi connectivity index (χ0v) is 23.0. The van der Waals surface area contributed by atoms with Gasteiger partial charge in [0, 0.05) is 44.5 Å². The van der Waals surface area contributed by atoms with Crippen molar-refractivity contribution in [3.8, 4) is 0 Å². The summed E-state index contributed by atoms with van der Waals surface area (Å²) in [7, 11) is 0. The largest absolute Gasteiger partial charge is 0.341 e. The molecule has 2 aliphatic heterocycles. The summed E-state index contributed by atoms with van der Waals surface area (Å²) in [5, 5.41) is 11.5. The lowest BCUT2D eigenvalue weighted by Gasteiger charge is -2.30. The van der Waals surface area contributed by atoms with E-state index in [1.54, 1.807) is 29.7 Å². The summed E-state index contributed by atoms with van der Waals surface area (Å²) < 4.78 is 1.90. The van der Waals surface area contributed by atoms with Crippen molar-refractivity contribution in [3.63, 3.8) is 0 Å². The quantitative estimate of drug-likeness (QED) is 0.146. The third-order valence-corrected chi connectivity index (χ3v) is 8.81. The fourth-order valence-electron chi connectivity index (χ4n) is 4.78. The molecule has 200 valence electrons. The molecule has 2 aromatic carbocycles. The average Bonchev–Trinajstić information content (AvgIpc) is 3.38. The number of hydrogen-bond acceptors (Lipinski definition) is 11. The van der Waals surface area contributed by atoms with E-state index >= 15 is 0 Å². The smallest absolute Gasteiger partial charge is 0.269 e. The van der Waals surface area contributed by atoms with Crippen molar-refractivity contribution in [2.24, 2.45) is 4.99 Å². The Morgan fingerprint density at radius 2 is 1.49 bits per heavy atom. The highest BCUT2D eigenvalue weighted by molar-refractivity contribution is 8.01. The van der Waals surface area contributed by atoms with Crippen LogP contribution in [-0.4, -0.2) is 57.3 Å². The molecule has 2 aliphatic rings. The Balaban J connectivity index is 1.23. The molecule has 0 bridgehead atoms. The van der Waals surface area contributed by atoms with E-state index in [4.69, 9.17) is 19.9 Å². The molecule has 0 radical (unpaired) electrons. The summed E-state index contributed by atoms with van der Waals surface area (Å²) in [6.45, 7) is 3.94. The maximum absolute atomic E-state index is 10.9. The number of nitrogens with zero attached hydrogens (tertiary/aromatic N) is 8. The maximum atomic E-state index is 10.9. The number of rotatable bonds is 7. The number of anilines is 2. The van der Waals surface area contributed by atoms with E-state index in [9.17, 15) is 10.1 Å². The number of nitro groups is 1. The van der Waals surface area contributed by atoms with Crippen molar-refractivity contribution >= 4 is 62.8 Å². The second-order valence-electron chi connectivity index (χ2n) is 9.65. The summed E-state index contributed by atoms with van der Waals surface area (Å²) in [5.74, 6) is 1.55. The minimum Gasteiger partial charge on any atom is -0.341 e. The van der Waals surface area contributed by atoms with Crippen LogP contribution in [0, 0.1) is 10.1 Å². The molecule has 0 amide bonds. The molecular weight excluding hydrogens is 532 g/mol. The Morgan fingerprint density at radius 3 is 2.10 bits per heavy atom. The molecule has 0 aliphatic carbocycles. The van der Waals surface area contributed by atoms with Crippen LogP contribution in [0.25, 0.3) is 10.2 Å². The summed E-state index contributed by atoms with van der Waals surface area (Å²) >= 11 is 3.08. The predicted molar refractivity (Wildman–Crippen MR) is 156 cm³/mol. The zero-order valence-electron chi connectivity index (χ0n) is 21.4. The average molecular weight is 561 g/mol. The molecule has 39 heavy (non-hydrogen) atoms. The number of nitro benzene ring substituents is 1. The molecular formula is C27H28N8O2S2. The molecule has 0 saturated carbocycles. The Labute approximate surface area is 234 Å². The normalized spacial score (nSPS) is 16.3. The van der Waals surface area contributed by atoms with E-state index in [0.717, 1.165) is 63.9 Å². The van der Waals surface area contributed by atoms with Gasteiger partial charge in [0.2, 0.25) is 17.1 Å². The van der Waals surface area contributed by atoms with E-state index in [1.807, 2.05) is 18.2 Å². The van der Waals surface area contributed by atoms with Gasteiger partial charge >= 0.3 is 0 Å². The van der Waals surface area contributed by atoms with Gasteiger partial charge in [0.15, 0.2) is 4.34 Å². The van der Waals surface area contributed by atoms with Gasteiger partial charge in [-0.3, -0.25) is 15.1 Å². The van der Waals surface area contributed by atoms with Gasteiger partial charge in [-0.25, -0.2) is 4.98 Å². The summed E-state index contributed by atoms with van der Waals surface area (Å²) in [4.78, 5) is 39.0. The number of aliphatic imine (C=N–C) groups is 1. The first kappa shape index (κ1) is 25.6. The van der Waals surface area contributed by atoms with Crippen LogP contribution in [0.2, 0.25) is 0 Å². The minimum absolute atomic E-state index is 0.0625. The van der Waals surface area contributed by atoms with E-state index in [0.29, 0.717) is 5.16 Å². The number of benzene rings is 2. The minimum atomic E-state index is -0.409. The fraction of sp³-hybridized carbons (Fsp3) is 0.370. The highest BCUT2D eigenvalue weighted by atomic mass is 32.2. The van der Waals surface area contributed by atoms with Crippen LogP contribution in [-0.2, 0) is 0 Å². The van der Waals surface area contributed by atoms with Gasteiger partial charge in [0.05, 0.1) is 20.8 Å². The maximum Gasteiger partial charge on any atom is 0.269 e. The van der Waals surface area contributed by atoms with Crippen molar-refractivity contribution in [1.29, 1.82) is 0 Å². The van der Waals surface area contributed by atoms with Crippen molar-refractivity contribution in [1.82, 2.24) is 19.9 Å². The van der Waals surface area contributed by atoms with Crippen LogP contribution in [0.15, 0.2) is 57.0 Å². The lowest BCUT2D eigenvalue weighted by Crippen LogP contribution is -2.34. The molecule has 12 heteroatoms. The van der Waals surface area contributed by atoms with Gasteiger partial charge in [-0.15, -0.1) is 11.3 Å². The molecule has 2 aromatic heterocycles. The Morgan fingerprint density at radius 1 is 0.846 bits per heavy atom. The molecule has 4 aromatic rings. The van der Waals surface area contributed by atoms with Crippen LogP contribution in [0.3, 0.4) is 0 Å². The van der Waals surface area contributed by atoms with E-state index < -0.39 is 4.92 Å². The van der Waals surface area contributed by atoms with Crippen LogP contribution < -0.4 is 9.80 Å². The van der Waals surface area contributed by atoms with Crippen LogP contribution in [0.1, 0.15) is 44.1 Å². The summed E-state index contributed by atoms with van der Waals surface area (Å²) in [6.07, 6.45) is 8.89. The molecule has 0 N–H and O–H groups in total. The molecule has 2 saturated heterocycles. The van der Waals surface area contributed by atoms with Crippen LogP contribution in [0.5, 0.6) is 0 Å². The van der Waals surface area contributed by atoms with Crippen molar-refractivity contribution < 1.29 is 4.92 Å². The molecule has 2 fully saturated rings. The predicted octanol–water partition coefficient (Wildman–Crippen LogP) is 6.27. The molecule has 0 atom stereocenters. The van der Waals surface area contributed by atoms with Gasteiger partial charge in [-0.2, -0.15) is 15.0 Å². The second kappa shape index (κ2) is 11.6. The van der Waals surface area contributed by atoms with E-state index in [-0.39, 0.29) is 5.69 Å². The lowest BCUT2D eigenvalue weighted by molar-refractivity contribution is -0.384. The van der Waals surface area contributed by atoms with E-state index in [1.165, 1.54) is 62.4 Å². The monoisotopic (exact) mass is 560 g/mol. The third kappa shape index (κ3) is 6.17. The molecule has 0 spiro atoms. The molecule has 10 nitrogen and oxygen atoms in total. The number of non-ortho nitro benzene ring substituents is 1. The molecule has 6 rings (SSSR count). The lowest BCUT2D eigenvalue weighted by atomic mass is 10.1. The first-order chi connectivity index (χ1) is 19.1. The van der Waals surface area contributed by atoms with Gasteiger partial charge < -0.3 is 9.80 Å². The van der Waals surface area contributed by atoms with Gasteiger partial charge in [0.1, 0.15) is 0 Å². The highest BCUT2D eigenvalue weighted by Crippen LogP contribution is 2.36. The number of hydrogen-bond donors (Lipinski definition) is 0. The summed E-state index contributed by atoms with van der Waals surface area (Å²) in [5.41, 5.74) is 2.55. The number of aromatic nitrogens is 4. The van der Waals surface area contributed by atoms with Gasteiger partial charge in [-0.1, -0.05) is 0 Å². The Hall–Kier alpha value is -3.64. The Kier molecular flexibility index (Phi) is 7.64. The third-order valence-electron chi connectivity index (χ3n) is 6.87. The van der Waals surface area contributed by atoms with Crippen LogP contribution >= 0.6 is 23.1 Å². The summed E-state index contributed by atoms with van der Waals surface area (Å²) in [6, 6.07) is 12.2. The zero-order chi connectivity index (χ0) is 26.6. The molecule has 4 heterocycles. The SMILES string of the molecule is O=[N+]([O-])c1ccc(C=Nc2ccc3nc(Sc4nc(N5CCCCC5)nc(N5CCCCC5)n4)sc3c2)cc1. The Bertz CT molecular complexity index is 1460. The van der Waals surface area contributed by atoms with Gasteiger partial charge in [0.25, 0.3) is 5.69 Å². The number of piperidine rings is 2. The van der Waals surface area contributed by atoms with Crippen molar-refractivity contribution in [3.05, 3.63) is 58.1 Å². The van der Waals surface area contributed by atoms with Crippen LogP contribution in [0.4, 0.5) is 23.3 Å². The van der Waals surface area contributed by atoms with E-state index in [2.05, 4.69) is 14.8 Å². The fourth-order valence-corrected chi connectivity index (χ4v) is 6.72. The van der Waals surface area contributed by atoms with Crippen molar-refractivity contribution in [2.75, 3.05) is 36.0 Å². The number of fused-ring (bicyclic) bond motifs is 1. The molecule has 0 unspecified atom stereocenters. The topological polar surface area (TPSA) is 114 Å². The van der Waals surface area contributed by atoms with Crippen molar-refractivity contribution in [2.45, 2.75) is 48.0 Å². The standard InChI is InChI=1S/C27H28N8O2S2/c36-35(37)21-10-7-19(8-11-21)18-28-20-9-12-22-23(17-20)38-27(29-22)39-26-31-24(33-13-3-1-4-14-33)30-25(32-26)34-15-5-2-6-16-34/h7-12,17-18H,1-6,13-16H2. The first-order valence-corrected chi connectivity index (χ1v) is 14.9. The highest BCUT2D eigenvalue weighted by Gasteiger charge is 2.21. The number of thiazole rings is 1. The van der Waals surface area contributed by atoms with Gasteiger partial charge in [-0.05, 0) is 86.2 Å².